The molecule has 1 aliphatic heterocycles. The van der Waals surface area contributed by atoms with Gasteiger partial charge in [-0.25, -0.2) is 13.6 Å². The molecule has 1 fully saturated rings. The second-order valence-corrected chi connectivity index (χ2v) is 4.57. The monoisotopic (exact) mass is 255 g/mol. The first-order valence-electron chi connectivity index (χ1n) is 6.02. The fourth-order valence-electron chi connectivity index (χ4n) is 2.27. The molecule has 1 aliphatic rings. The Kier molecular flexibility index (Phi) is 3.91. The van der Waals surface area contributed by atoms with Crippen LogP contribution in [0.1, 0.15) is 35.2 Å². The second-order valence-electron chi connectivity index (χ2n) is 4.57. The Morgan fingerprint density at radius 1 is 1.33 bits per heavy atom. The predicted octanol–water partition coefficient (Wildman–Crippen LogP) is 2.35. The highest BCUT2D eigenvalue weighted by molar-refractivity contribution is 5.87. The third-order valence-electron chi connectivity index (χ3n) is 3.25. The van der Waals surface area contributed by atoms with E-state index in [1.165, 1.54) is 0 Å². The van der Waals surface area contributed by atoms with Gasteiger partial charge in [-0.3, -0.25) is 0 Å². The molecule has 1 aromatic rings. The Labute approximate surface area is 104 Å². The highest BCUT2D eigenvalue weighted by atomic mass is 19.1. The lowest BCUT2D eigenvalue weighted by atomic mass is 9.96. The van der Waals surface area contributed by atoms with E-state index in [1.54, 1.807) is 0 Å². The van der Waals surface area contributed by atoms with E-state index >= 15 is 0 Å². The smallest absolute Gasteiger partial charge is 0.335 e. The molecule has 5 heteroatoms. The number of carboxylic acid groups (broad SMARTS) is 1. The first-order chi connectivity index (χ1) is 8.58. The van der Waals surface area contributed by atoms with Gasteiger partial charge in [0.05, 0.1) is 5.56 Å². The van der Waals surface area contributed by atoms with Crippen molar-refractivity contribution in [2.75, 3.05) is 6.54 Å². The van der Waals surface area contributed by atoms with Crippen LogP contribution in [0, 0.1) is 11.6 Å². The van der Waals surface area contributed by atoms with Crippen LogP contribution in [-0.2, 0) is 6.42 Å². The molecule has 1 atom stereocenters. The maximum atomic E-state index is 13.7. The van der Waals surface area contributed by atoms with Crippen LogP contribution in [0.4, 0.5) is 8.78 Å². The first-order valence-corrected chi connectivity index (χ1v) is 6.02. The van der Waals surface area contributed by atoms with Crippen LogP contribution in [0.25, 0.3) is 0 Å². The third kappa shape index (κ3) is 2.85. The van der Waals surface area contributed by atoms with Crippen LogP contribution in [-0.4, -0.2) is 23.7 Å². The molecule has 2 rings (SSSR count). The number of benzene rings is 1. The van der Waals surface area contributed by atoms with Crippen molar-refractivity contribution < 1.29 is 18.7 Å². The molecule has 1 heterocycles. The largest absolute Gasteiger partial charge is 0.478 e. The molecular formula is C13H15F2NO2. The average molecular weight is 255 g/mol. The Morgan fingerprint density at radius 3 is 2.50 bits per heavy atom. The second kappa shape index (κ2) is 5.44. The molecule has 0 amide bonds. The SMILES string of the molecule is O=C(O)c1cc(F)c(CC2CCCCN2)c(F)c1. The van der Waals surface area contributed by atoms with E-state index in [0.717, 1.165) is 37.9 Å². The molecule has 0 aliphatic carbocycles. The van der Waals surface area contributed by atoms with E-state index < -0.39 is 17.6 Å². The van der Waals surface area contributed by atoms with Gasteiger partial charge in [0.1, 0.15) is 11.6 Å². The minimum atomic E-state index is -1.32. The van der Waals surface area contributed by atoms with Gasteiger partial charge in [-0.2, -0.15) is 0 Å². The molecule has 2 N–H and O–H groups in total. The molecule has 3 nitrogen and oxygen atoms in total. The third-order valence-corrected chi connectivity index (χ3v) is 3.25. The number of piperidine rings is 1. The number of aromatic carboxylic acids is 1. The highest BCUT2D eigenvalue weighted by Crippen LogP contribution is 2.20. The summed E-state index contributed by atoms with van der Waals surface area (Å²) in [5, 5.41) is 11.9. The number of hydrogen-bond acceptors (Lipinski definition) is 2. The summed E-state index contributed by atoms with van der Waals surface area (Å²) < 4.78 is 27.4. The minimum absolute atomic E-state index is 0.0283. The molecule has 0 saturated carbocycles. The molecule has 0 spiro atoms. The molecule has 0 bridgehead atoms. The molecule has 1 unspecified atom stereocenters. The lowest BCUT2D eigenvalue weighted by Crippen LogP contribution is -2.36. The van der Waals surface area contributed by atoms with E-state index in [1.807, 2.05) is 0 Å². The summed E-state index contributed by atoms with van der Waals surface area (Å²) >= 11 is 0. The van der Waals surface area contributed by atoms with Crippen molar-refractivity contribution >= 4 is 5.97 Å². The van der Waals surface area contributed by atoms with Crippen LogP contribution in [0.3, 0.4) is 0 Å². The van der Waals surface area contributed by atoms with Crippen LogP contribution in [0.5, 0.6) is 0 Å². The maximum Gasteiger partial charge on any atom is 0.335 e. The normalized spacial score (nSPS) is 19.8. The molecule has 0 radical (unpaired) electrons. The molecule has 1 aromatic carbocycles. The van der Waals surface area contributed by atoms with Crippen molar-refractivity contribution in [2.24, 2.45) is 0 Å². The van der Waals surface area contributed by atoms with Gasteiger partial charge in [0, 0.05) is 11.6 Å². The summed E-state index contributed by atoms with van der Waals surface area (Å²) in [6, 6.07) is 1.83. The van der Waals surface area contributed by atoms with E-state index in [4.69, 9.17) is 5.11 Å². The number of halogens is 2. The molecule has 18 heavy (non-hydrogen) atoms. The maximum absolute atomic E-state index is 13.7. The topological polar surface area (TPSA) is 49.3 Å². The van der Waals surface area contributed by atoms with Crippen molar-refractivity contribution in [3.63, 3.8) is 0 Å². The van der Waals surface area contributed by atoms with Crippen molar-refractivity contribution in [3.05, 3.63) is 34.9 Å². The Bertz CT molecular complexity index is 433. The Hall–Kier alpha value is -1.49. The van der Waals surface area contributed by atoms with Gasteiger partial charge in [-0.05, 0) is 37.9 Å². The first kappa shape index (κ1) is 13.0. The quantitative estimate of drug-likeness (QED) is 0.871. The standard InChI is InChI=1S/C13H15F2NO2/c14-11-5-8(13(17)18)6-12(15)10(11)7-9-3-1-2-4-16-9/h5-6,9,16H,1-4,7H2,(H,17,18). The summed E-state index contributed by atoms with van der Waals surface area (Å²) in [7, 11) is 0. The molecule has 98 valence electrons. The summed E-state index contributed by atoms with van der Waals surface area (Å²) in [6.45, 7) is 0.862. The highest BCUT2D eigenvalue weighted by Gasteiger charge is 2.19. The van der Waals surface area contributed by atoms with E-state index in [0.29, 0.717) is 0 Å². The fraction of sp³-hybridized carbons (Fsp3) is 0.462. The van der Waals surface area contributed by atoms with Crippen molar-refractivity contribution in [1.82, 2.24) is 5.32 Å². The zero-order valence-corrected chi connectivity index (χ0v) is 9.88. The Balaban J connectivity index is 2.19. The summed E-state index contributed by atoms with van der Waals surface area (Å²) in [5.74, 6) is -2.88. The van der Waals surface area contributed by atoms with Crippen molar-refractivity contribution in [1.29, 1.82) is 0 Å². The predicted molar refractivity (Wildman–Crippen MR) is 62.7 cm³/mol. The van der Waals surface area contributed by atoms with Crippen LogP contribution < -0.4 is 5.32 Å². The lowest BCUT2D eigenvalue weighted by molar-refractivity contribution is 0.0695. The lowest BCUT2D eigenvalue weighted by Gasteiger charge is -2.23. The summed E-state index contributed by atoms with van der Waals surface area (Å²) in [5.41, 5.74) is -0.384. The van der Waals surface area contributed by atoms with Gasteiger partial charge in [0.25, 0.3) is 0 Å². The Morgan fingerprint density at radius 2 is 2.00 bits per heavy atom. The number of carbonyl (C=O) groups is 1. The van der Waals surface area contributed by atoms with Gasteiger partial charge in [-0.1, -0.05) is 6.42 Å². The molecule has 1 saturated heterocycles. The van der Waals surface area contributed by atoms with E-state index in [9.17, 15) is 13.6 Å². The van der Waals surface area contributed by atoms with Gasteiger partial charge >= 0.3 is 5.97 Å². The van der Waals surface area contributed by atoms with Gasteiger partial charge in [0.2, 0.25) is 0 Å². The van der Waals surface area contributed by atoms with Crippen LogP contribution in [0.2, 0.25) is 0 Å². The van der Waals surface area contributed by atoms with Crippen molar-refractivity contribution in [2.45, 2.75) is 31.7 Å². The molecule has 0 aromatic heterocycles. The average Bonchev–Trinajstić information content (AvgIpc) is 2.34. The zero-order chi connectivity index (χ0) is 13.1. The number of hydrogen-bond donors (Lipinski definition) is 2. The van der Waals surface area contributed by atoms with Crippen molar-refractivity contribution in [3.8, 4) is 0 Å². The fourth-order valence-corrected chi connectivity index (χ4v) is 2.27. The van der Waals surface area contributed by atoms with Gasteiger partial charge in [0.15, 0.2) is 0 Å². The van der Waals surface area contributed by atoms with Crippen LogP contribution in [0.15, 0.2) is 12.1 Å². The molecular weight excluding hydrogens is 240 g/mol. The minimum Gasteiger partial charge on any atom is -0.478 e. The summed E-state index contributed by atoms with van der Waals surface area (Å²) in [6.07, 6.45) is 3.28. The summed E-state index contributed by atoms with van der Waals surface area (Å²) in [4.78, 5) is 10.7. The van der Waals surface area contributed by atoms with E-state index in [2.05, 4.69) is 5.32 Å². The number of nitrogens with one attached hydrogen (secondary N) is 1. The van der Waals surface area contributed by atoms with E-state index in [-0.39, 0.29) is 23.6 Å². The number of carboxylic acids is 1. The van der Waals surface area contributed by atoms with Gasteiger partial charge < -0.3 is 10.4 Å². The number of rotatable bonds is 3. The zero-order valence-electron chi connectivity index (χ0n) is 9.88. The van der Waals surface area contributed by atoms with Gasteiger partial charge in [-0.15, -0.1) is 0 Å². The van der Waals surface area contributed by atoms with Crippen LogP contribution >= 0.6 is 0 Å².